The van der Waals surface area contributed by atoms with Crippen molar-refractivity contribution in [2.24, 2.45) is 11.8 Å². The largest absolute Gasteiger partial charge is 0.396 e. The van der Waals surface area contributed by atoms with Gasteiger partial charge in [-0.25, -0.2) is 15.8 Å². The molecule has 2 rings (SSSR count). The van der Waals surface area contributed by atoms with Gasteiger partial charge < -0.3 is 15.4 Å². The van der Waals surface area contributed by atoms with Crippen LogP contribution in [-0.4, -0.2) is 34.8 Å². The first-order valence-electron chi connectivity index (χ1n) is 7.77. The number of hydrazine groups is 1. The van der Waals surface area contributed by atoms with Crippen LogP contribution in [0.25, 0.3) is 0 Å². The van der Waals surface area contributed by atoms with Crippen LogP contribution in [0, 0.1) is 12.8 Å². The molecule has 1 aliphatic heterocycles. The van der Waals surface area contributed by atoms with Gasteiger partial charge in [0, 0.05) is 31.2 Å². The summed E-state index contributed by atoms with van der Waals surface area (Å²) in [6.45, 7) is 8.37. The molecule has 1 fully saturated rings. The first kappa shape index (κ1) is 16.0. The molecular weight excluding hydrogens is 266 g/mol. The average molecular weight is 293 g/mol. The topological polar surface area (TPSA) is 87.3 Å². The van der Waals surface area contributed by atoms with Gasteiger partial charge in [-0.3, -0.25) is 0 Å². The number of aromatic nitrogens is 2. The number of nitrogens with one attached hydrogen (secondary N) is 1. The summed E-state index contributed by atoms with van der Waals surface area (Å²) in [5.41, 5.74) is 3.68. The summed E-state index contributed by atoms with van der Waals surface area (Å²) in [6.07, 6.45) is 3.18. The number of nitrogens with zero attached hydrogens (tertiary/aromatic N) is 3. The summed E-state index contributed by atoms with van der Waals surface area (Å²) in [5.74, 6) is 8.89. The lowest BCUT2D eigenvalue weighted by molar-refractivity contribution is 0.244. The average Bonchev–Trinajstić information content (AvgIpc) is 2.48. The summed E-state index contributed by atoms with van der Waals surface area (Å²) < 4.78 is 0. The van der Waals surface area contributed by atoms with Crippen LogP contribution in [0.2, 0.25) is 0 Å². The fourth-order valence-corrected chi connectivity index (χ4v) is 2.90. The third-order valence-electron chi connectivity index (χ3n) is 4.15. The zero-order chi connectivity index (χ0) is 15.4. The Labute approximate surface area is 126 Å². The number of anilines is 2. The minimum Gasteiger partial charge on any atom is -0.396 e. The van der Waals surface area contributed by atoms with Gasteiger partial charge >= 0.3 is 0 Å². The molecule has 1 aromatic heterocycles. The number of rotatable bonds is 5. The van der Waals surface area contributed by atoms with E-state index in [4.69, 9.17) is 15.9 Å². The van der Waals surface area contributed by atoms with Crippen LogP contribution in [0.3, 0.4) is 0 Å². The molecule has 0 saturated carbocycles. The van der Waals surface area contributed by atoms with Gasteiger partial charge in [-0.1, -0.05) is 13.8 Å². The Morgan fingerprint density at radius 3 is 2.81 bits per heavy atom. The third-order valence-corrected chi connectivity index (χ3v) is 4.15. The van der Waals surface area contributed by atoms with Gasteiger partial charge in [0.05, 0.1) is 0 Å². The van der Waals surface area contributed by atoms with E-state index in [1.807, 2.05) is 6.92 Å². The molecule has 1 aromatic rings. The van der Waals surface area contributed by atoms with E-state index < -0.39 is 0 Å². The number of nitrogens with two attached hydrogens (primary N) is 1. The van der Waals surface area contributed by atoms with Crippen molar-refractivity contribution in [1.29, 1.82) is 0 Å². The molecule has 1 atom stereocenters. The van der Waals surface area contributed by atoms with E-state index in [0.29, 0.717) is 11.7 Å². The monoisotopic (exact) mass is 293 g/mol. The van der Waals surface area contributed by atoms with E-state index in [1.165, 1.54) is 6.42 Å². The molecule has 118 valence electrons. The number of nitrogen functional groups attached to an aromatic ring is 1. The van der Waals surface area contributed by atoms with Gasteiger partial charge in [0.1, 0.15) is 17.5 Å². The van der Waals surface area contributed by atoms with Gasteiger partial charge in [-0.15, -0.1) is 0 Å². The van der Waals surface area contributed by atoms with E-state index in [1.54, 1.807) is 0 Å². The predicted octanol–water partition coefficient (Wildman–Crippen LogP) is 1.79. The molecule has 0 aliphatic carbocycles. The van der Waals surface area contributed by atoms with Crippen LogP contribution < -0.4 is 16.2 Å². The number of hydrogen-bond donors (Lipinski definition) is 3. The van der Waals surface area contributed by atoms with Crippen LogP contribution in [0.5, 0.6) is 0 Å². The van der Waals surface area contributed by atoms with E-state index >= 15 is 0 Å². The first-order valence-corrected chi connectivity index (χ1v) is 7.77. The van der Waals surface area contributed by atoms with E-state index in [-0.39, 0.29) is 12.5 Å². The Morgan fingerprint density at radius 2 is 2.19 bits per heavy atom. The molecule has 1 saturated heterocycles. The van der Waals surface area contributed by atoms with Crippen LogP contribution >= 0.6 is 0 Å². The van der Waals surface area contributed by atoms with Crippen molar-refractivity contribution in [3.63, 3.8) is 0 Å². The van der Waals surface area contributed by atoms with Crippen LogP contribution in [0.15, 0.2) is 0 Å². The Morgan fingerprint density at radius 1 is 1.43 bits per heavy atom. The Kier molecular flexibility index (Phi) is 5.36. The maximum absolute atomic E-state index is 9.16. The minimum atomic E-state index is 0.258. The molecule has 0 aromatic carbocycles. The predicted molar refractivity (Wildman–Crippen MR) is 85.3 cm³/mol. The van der Waals surface area contributed by atoms with Crippen molar-refractivity contribution in [3.8, 4) is 0 Å². The Bertz CT molecular complexity index is 475. The fourth-order valence-electron chi connectivity index (χ4n) is 2.90. The fraction of sp³-hybridized carbons (Fsp3) is 0.733. The summed E-state index contributed by atoms with van der Waals surface area (Å²) in [5, 5.41) is 9.16. The Balaban J connectivity index is 2.30. The molecule has 6 heteroatoms. The second-order valence-electron chi connectivity index (χ2n) is 6.14. The van der Waals surface area contributed by atoms with Crippen molar-refractivity contribution in [2.45, 2.75) is 46.0 Å². The molecule has 0 radical (unpaired) electrons. The highest BCUT2D eigenvalue weighted by Crippen LogP contribution is 2.29. The van der Waals surface area contributed by atoms with Crippen LogP contribution in [-0.2, 0) is 0 Å². The summed E-state index contributed by atoms with van der Waals surface area (Å²) >= 11 is 0. The molecule has 21 heavy (non-hydrogen) atoms. The van der Waals surface area contributed by atoms with Crippen LogP contribution in [0.4, 0.5) is 11.6 Å². The molecule has 2 heterocycles. The quantitative estimate of drug-likeness (QED) is 0.567. The lowest BCUT2D eigenvalue weighted by atomic mass is 9.95. The molecule has 4 N–H and O–H groups in total. The second-order valence-corrected chi connectivity index (χ2v) is 6.14. The van der Waals surface area contributed by atoms with Crippen molar-refractivity contribution in [2.75, 3.05) is 30.0 Å². The molecule has 6 nitrogen and oxygen atoms in total. The van der Waals surface area contributed by atoms with Gasteiger partial charge in [0.2, 0.25) is 0 Å². The maximum atomic E-state index is 9.16. The van der Waals surface area contributed by atoms with E-state index in [9.17, 15) is 0 Å². The van der Waals surface area contributed by atoms with Crippen molar-refractivity contribution < 1.29 is 5.11 Å². The molecule has 0 amide bonds. The zero-order valence-corrected chi connectivity index (χ0v) is 13.3. The van der Waals surface area contributed by atoms with Gasteiger partial charge in [0.25, 0.3) is 0 Å². The molecule has 0 spiro atoms. The summed E-state index contributed by atoms with van der Waals surface area (Å²) in [6, 6.07) is 0. The summed E-state index contributed by atoms with van der Waals surface area (Å²) in [4.78, 5) is 11.6. The molecule has 1 unspecified atom stereocenters. The highest BCUT2D eigenvalue weighted by atomic mass is 16.3. The Hall–Kier alpha value is -1.40. The van der Waals surface area contributed by atoms with Gasteiger partial charge in [-0.2, -0.15) is 0 Å². The van der Waals surface area contributed by atoms with Crippen LogP contribution in [0.1, 0.15) is 50.4 Å². The maximum Gasteiger partial charge on any atom is 0.148 e. The standard InChI is InChI=1S/C15H27N5O/c1-10(2)13-17-14(19-16)11(3)15(18-13)20-7-4-5-12(9-20)6-8-21/h10,12,21H,4-9,16H2,1-3H3,(H,17,18,19). The lowest BCUT2D eigenvalue weighted by Gasteiger charge is -2.34. The molecular formula is C15H27N5O. The van der Waals surface area contributed by atoms with E-state index in [0.717, 1.165) is 43.1 Å². The third kappa shape index (κ3) is 3.63. The lowest BCUT2D eigenvalue weighted by Crippen LogP contribution is -2.37. The minimum absolute atomic E-state index is 0.258. The van der Waals surface area contributed by atoms with Crippen molar-refractivity contribution >= 4 is 11.6 Å². The van der Waals surface area contributed by atoms with Gasteiger partial charge in [-0.05, 0) is 32.1 Å². The normalized spacial score (nSPS) is 19.1. The van der Waals surface area contributed by atoms with Crippen molar-refractivity contribution in [3.05, 3.63) is 11.4 Å². The van der Waals surface area contributed by atoms with Crippen molar-refractivity contribution in [1.82, 2.24) is 9.97 Å². The molecule has 0 bridgehead atoms. The second kappa shape index (κ2) is 7.04. The highest BCUT2D eigenvalue weighted by Gasteiger charge is 2.24. The number of aliphatic hydroxyl groups is 1. The zero-order valence-electron chi connectivity index (χ0n) is 13.3. The first-order chi connectivity index (χ1) is 10.1. The summed E-state index contributed by atoms with van der Waals surface area (Å²) in [7, 11) is 0. The highest BCUT2D eigenvalue weighted by molar-refractivity contribution is 5.58. The number of piperidine rings is 1. The van der Waals surface area contributed by atoms with E-state index in [2.05, 4.69) is 29.2 Å². The molecule has 1 aliphatic rings. The smallest absolute Gasteiger partial charge is 0.148 e. The van der Waals surface area contributed by atoms with Gasteiger partial charge in [0.15, 0.2) is 0 Å². The number of aliphatic hydroxyl groups excluding tert-OH is 1. The number of hydrogen-bond acceptors (Lipinski definition) is 6. The SMILES string of the molecule is Cc1c(NN)nc(C(C)C)nc1N1CCCC(CCO)C1.